The van der Waals surface area contributed by atoms with Gasteiger partial charge in [-0.25, -0.2) is 4.79 Å². The van der Waals surface area contributed by atoms with Crippen LogP contribution in [-0.2, 0) is 30.5 Å². The third kappa shape index (κ3) is 7.82. The third-order valence-electron chi connectivity index (χ3n) is 9.39. The molecule has 5 N–H and O–H groups in total. The smallest absolute Gasteiger partial charge is 0.336 e. The van der Waals surface area contributed by atoms with E-state index >= 15 is 0 Å². The van der Waals surface area contributed by atoms with Gasteiger partial charge in [0, 0.05) is 43.6 Å². The molecule has 6 rings (SSSR count). The number of hydrogen-bond acceptors (Lipinski definition) is 9. The number of aliphatic carboxylic acids is 3. The second-order valence-corrected chi connectivity index (χ2v) is 12.8. The van der Waals surface area contributed by atoms with E-state index in [9.17, 15) is 28.8 Å². The van der Waals surface area contributed by atoms with E-state index in [1.807, 2.05) is 18.2 Å². The summed E-state index contributed by atoms with van der Waals surface area (Å²) in [6.07, 6.45) is 3.08. The normalized spacial score (nSPS) is 22.9. The van der Waals surface area contributed by atoms with Crippen molar-refractivity contribution in [3.05, 3.63) is 65.2 Å². The van der Waals surface area contributed by atoms with Crippen molar-refractivity contribution in [3.8, 4) is 5.75 Å². The quantitative estimate of drug-likeness (QED) is 0.231. The Morgan fingerprint density at radius 2 is 1.56 bits per heavy atom. The standard InChI is InChI=1S/C28H31N3O4.C6H8O7/c32-26-13-12-24(27(33)29-26)31-17-19-14-21(10-11-22(19)28(31)34)35-25-9-5-4-8-23(25)30-15-20(16-30)18-6-2-1-3-7-18;7-3(8)1-6(13,5(11)12)2-4(9)10/h1-3,6-7,10-11,14,20,23-25H,4-5,8-9,12-13,15-17H2,(H,29,32,33);13H,1-2H2,(H,7,8)(H,9,10)(H,11,12)/t23-,24?,25-;/m0./s1. The van der Waals surface area contributed by atoms with Gasteiger partial charge in [0.2, 0.25) is 11.8 Å². The summed E-state index contributed by atoms with van der Waals surface area (Å²) in [5, 5.41) is 36.2. The van der Waals surface area contributed by atoms with Crippen LogP contribution in [0.2, 0.25) is 0 Å². The van der Waals surface area contributed by atoms with Gasteiger partial charge in [0.05, 0.1) is 12.8 Å². The highest BCUT2D eigenvalue weighted by Crippen LogP contribution is 2.36. The Morgan fingerprint density at radius 1 is 0.896 bits per heavy atom. The lowest BCUT2D eigenvalue weighted by Gasteiger charge is -2.48. The molecule has 3 heterocycles. The number of nitrogens with one attached hydrogen (secondary N) is 1. The molecule has 2 aromatic rings. The van der Waals surface area contributed by atoms with Crippen LogP contribution in [0.5, 0.6) is 5.75 Å². The van der Waals surface area contributed by atoms with Crippen LogP contribution in [0.3, 0.4) is 0 Å². The highest BCUT2D eigenvalue weighted by atomic mass is 16.5. The largest absolute Gasteiger partial charge is 0.489 e. The highest BCUT2D eigenvalue weighted by Gasteiger charge is 2.42. The lowest BCUT2D eigenvalue weighted by Crippen LogP contribution is -2.57. The molecule has 1 saturated carbocycles. The predicted molar refractivity (Wildman–Crippen MR) is 167 cm³/mol. The third-order valence-corrected chi connectivity index (χ3v) is 9.39. The van der Waals surface area contributed by atoms with E-state index in [2.05, 4.69) is 40.5 Å². The number of hydrogen-bond donors (Lipinski definition) is 5. The van der Waals surface area contributed by atoms with Crippen LogP contribution in [0.4, 0.5) is 0 Å². The van der Waals surface area contributed by atoms with Gasteiger partial charge in [0.1, 0.15) is 17.9 Å². The van der Waals surface area contributed by atoms with E-state index in [-0.39, 0.29) is 30.2 Å². The molecular weight excluding hydrogens is 626 g/mol. The van der Waals surface area contributed by atoms with Gasteiger partial charge in [-0.15, -0.1) is 0 Å². The van der Waals surface area contributed by atoms with Crippen LogP contribution in [0, 0.1) is 0 Å². The molecule has 3 atom stereocenters. The number of likely N-dealkylation sites (tertiary alicyclic amines) is 1. The summed E-state index contributed by atoms with van der Waals surface area (Å²) in [6, 6.07) is 16.2. The van der Waals surface area contributed by atoms with Crippen molar-refractivity contribution in [2.75, 3.05) is 13.1 Å². The molecule has 48 heavy (non-hydrogen) atoms. The summed E-state index contributed by atoms with van der Waals surface area (Å²) in [5.41, 5.74) is 0.187. The summed E-state index contributed by atoms with van der Waals surface area (Å²) in [7, 11) is 0. The fraction of sp³-hybridized carbons (Fsp3) is 0.471. The summed E-state index contributed by atoms with van der Waals surface area (Å²) >= 11 is 0. The van der Waals surface area contributed by atoms with Gasteiger partial charge in [-0.05, 0) is 55.0 Å². The molecule has 1 aliphatic carbocycles. The SMILES string of the molecule is O=C(O)CC(O)(CC(=O)O)C(=O)O.O=C1CCC(N2Cc3cc(O[C@H]4CCCC[C@@H]4N4CC(c5ccccc5)C4)ccc3C2=O)C(=O)N1. The van der Waals surface area contributed by atoms with Gasteiger partial charge in [0.25, 0.3) is 5.91 Å². The van der Waals surface area contributed by atoms with Crippen molar-refractivity contribution in [1.29, 1.82) is 0 Å². The van der Waals surface area contributed by atoms with E-state index in [0.717, 1.165) is 37.2 Å². The molecule has 0 aromatic heterocycles. The maximum Gasteiger partial charge on any atom is 0.336 e. The first kappa shape index (κ1) is 34.5. The second kappa shape index (κ2) is 14.5. The summed E-state index contributed by atoms with van der Waals surface area (Å²) < 4.78 is 6.55. The number of carbonyl (C=O) groups excluding carboxylic acids is 3. The molecular formula is C34H39N3O11. The molecule has 4 aliphatic rings. The van der Waals surface area contributed by atoms with E-state index in [1.54, 1.807) is 4.90 Å². The zero-order valence-corrected chi connectivity index (χ0v) is 26.2. The van der Waals surface area contributed by atoms with E-state index in [1.165, 1.54) is 18.4 Å². The molecule has 3 fully saturated rings. The molecule has 2 aromatic carbocycles. The number of amides is 3. The lowest BCUT2D eigenvalue weighted by molar-refractivity contribution is -0.170. The topological polar surface area (TPSA) is 211 Å². The Bertz CT molecular complexity index is 1560. The molecule has 0 radical (unpaired) electrons. The number of carbonyl (C=O) groups is 6. The van der Waals surface area contributed by atoms with Crippen LogP contribution >= 0.6 is 0 Å². The van der Waals surface area contributed by atoms with Crippen molar-refractivity contribution in [1.82, 2.24) is 15.1 Å². The van der Waals surface area contributed by atoms with Crippen molar-refractivity contribution < 1.29 is 53.9 Å². The molecule has 256 valence electrons. The molecule has 3 aliphatic heterocycles. The molecule has 1 unspecified atom stereocenters. The van der Waals surface area contributed by atoms with Crippen LogP contribution < -0.4 is 10.1 Å². The Kier molecular flexibility index (Phi) is 10.4. The number of nitrogens with zero attached hydrogens (tertiary/aromatic N) is 2. The summed E-state index contributed by atoms with van der Waals surface area (Å²) in [6.45, 7) is 2.53. The van der Waals surface area contributed by atoms with Gasteiger partial charge >= 0.3 is 17.9 Å². The van der Waals surface area contributed by atoms with E-state index in [4.69, 9.17) is 25.2 Å². The Balaban J connectivity index is 0.000000296. The monoisotopic (exact) mass is 665 g/mol. The first-order chi connectivity index (χ1) is 22.8. The van der Waals surface area contributed by atoms with Crippen molar-refractivity contribution in [3.63, 3.8) is 0 Å². The minimum absolute atomic E-state index is 0.141. The van der Waals surface area contributed by atoms with Gasteiger partial charge in [-0.1, -0.05) is 36.8 Å². The van der Waals surface area contributed by atoms with Crippen LogP contribution in [0.25, 0.3) is 0 Å². The lowest BCUT2D eigenvalue weighted by atomic mass is 9.84. The number of rotatable bonds is 10. The molecule has 14 heteroatoms. The fourth-order valence-electron chi connectivity index (χ4n) is 6.86. The number of ether oxygens (including phenoxy) is 1. The van der Waals surface area contributed by atoms with Crippen molar-refractivity contribution >= 4 is 35.6 Å². The summed E-state index contributed by atoms with van der Waals surface area (Å²) in [5.74, 6) is -4.43. The van der Waals surface area contributed by atoms with Crippen LogP contribution in [0.15, 0.2) is 48.5 Å². The minimum Gasteiger partial charge on any atom is -0.489 e. The van der Waals surface area contributed by atoms with Gasteiger partial charge in [-0.2, -0.15) is 0 Å². The Morgan fingerprint density at radius 3 is 2.19 bits per heavy atom. The minimum atomic E-state index is -2.74. The molecule has 0 bridgehead atoms. The molecule has 2 saturated heterocycles. The number of carboxylic acids is 3. The van der Waals surface area contributed by atoms with Crippen molar-refractivity contribution in [2.24, 2.45) is 0 Å². The van der Waals surface area contributed by atoms with Gasteiger partial charge < -0.3 is 30.1 Å². The average molecular weight is 666 g/mol. The van der Waals surface area contributed by atoms with Gasteiger partial charge in [0.15, 0.2) is 5.60 Å². The number of benzene rings is 2. The highest BCUT2D eigenvalue weighted by molar-refractivity contribution is 6.05. The van der Waals surface area contributed by atoms with Crippen molar-refractivity contribution in [2.45, 2.75) is 87.6 Å². The van der Waals surface area contributed by atoms with E-state index in [0.29, 0.717) is 30.5 Å². The van der Waals surface area contributed by atoms with E-state index < -0.39 is 42.4 Å². The molecule has 3 amide bonds. The number of fused-ring (bicyclic) bond motifs is 1. The number of imide groups is 1. The zero-order chi connectivity index (χ0) is 34.6. The maximum absolute atomic E-state index is 13.0. The number of aliphatic hydroxyl groups is 1. The maximum atomic E-state index is 13.0. The van der Waals surface area contributed by atoms with Crippen LogP contribution in [-0.4, -0.2) is 103 Å². The van der Waals surface area contributed by atoms with Crippen LogP contribution in [0.1, 0.15) is 78.8 Å². The predicted octanol–water partition coefficient (Wildman–Crippen LogP) is 1.99. The fourth-order valence-corrected chi connectivity index (χ4v) is 6.86. The first-order valence-corrected chi connectivity index (χ1v) is 16.0. The molecule has 0 spiro atoms. The zero-order valence-electron chi connectivity index (χ0n) is 26.2. The number of piperidine rings is 1. The molecule has 14 nitrogen and oxygen atoms in total. The Hall–Kier alpha value is -4.82. The Labute approximate surface area is 276 Å². The second-order valence-electron chi connectivity index (χ2n) is 12.8. The van der Waals surface area contributed by atoms with Gasteiger partial charge in [-0.3, -0.25) is 34.2 Å². The average Bonchev–Trinajstić information content (AvgIpc) is 3.32. The number of carboxylic acid groups (broad SMARTS) is 3. The first-order valence-electron chi connectivity index (χ1n) is 16.0. The summed E-state index contributed by atoms with van der Waals surface area (Å²) in [4.78, 5) is 71.4.